The summed E-state index contributed by atoms with van der Waals surface area (Å²) in [6.07, 6.45) is 2.90. The molecule has 1 aromatic heterocycles. The number of thiazole rings is 1. The zero-order valence-corrected chi connectivity index (χ0v) is 14.4. The Labute approximate surface area is 136 Å². The van der Waals surface area contributed by atoms with Gasteiger partial charge >= 0.3 is 0 Å². The molecule has 1 saturated heterocycles. The number of carbonyl (C=O) groups excluding carboxylic acids is 1. The summed E-state index contributed by atoms with van der Waals surface area (Å²) in [4.78, 5) is 19.0. The Balaban J connectivity index is 1.66. The predicted octanol–water partition coefficient (Wildman–Crippen LogP) is 1.94. The van der Waals surface area contributed by atoms with Gasteiger partial charge in [-0.3, -0.25) is 9.69 Å². The van der Waals surface area contributed by atoms with E-state index in [1.165, 1.54) is 0 Å². The highest BCUT2D eigenvalue weighted by Gasteiger charge is 2.25. The highest BCUT2D eigenvalue weighted by atomic mass is 32.1. The van der Waals surface area contributed by atoms with E-state index in [0.29, 0.717) is 13.0 Å². The lowest BCUT2D eigenvalue weighted by atomic mass is 9.95. The predicted molar refractivity (Wildman–Crippen MR) is 88.8 cm³/mol. The Morgan fingerprint density at radius 1 is 1.55 bits per heavy atom. The van der Waals surface area contributed by atoms with Crippen LogP contribution in [0.2, 0.25) is 0 Å². The molecule has 2 N–H and O–H groups in total. The van der Waals surface area contributed by atoms with Gasteiger partial charge in [0.25, 0.3) is 0 Å². The van der Waals surface area contributed by atoms with E-state index in [2.05, 4.69) is 20.6 Å². The third-order valence-electron chi connectivity index (χ3n) is 4.26. The monoisotopic (exact) mass is 325 g/mol. The van der Waals surface area contributed by atoms with Crippen molar-refractivity contribution < 1.29 is 9.90 Å². The number of carbonyl (C=O) groups is 1. The van der Waals surface area contributed by atoms with Crippen LogP contribution in [0.4, 0.5) is 0 Å². The minimum absolute atomic E-state index is 0.118. The standard InChI is InChI=1S/C16H27N3O2S/c1-3-15(20)4-7-17-16(21)13-5-8-19(9-6-13)10-14-11-22-12(2)18-14/h11,13,15,20H,3-10H2,1-2H3,(H,17,21). The van der Waals surface area contributed by atoms with E-state index < -0.39 is 0 Å². The third kappa shape index (κ3) is 5.34. The molecule has 124 valence electrons. The van der Waals surface area contributed by atoms with Crippen molar-refractivity contribution in [2.45, 2.75) is 52.2 Å². The number of rotatable bonds is 7. The molecule has 1 fully saturated rings. The van der Waals surface area contributed by atoms with E-state index in [0.717, 1.165) is 49.6 Å². The lowest BCUT2D eigenvalue weighted by Crippen LogP contribution is -2.40. The van der Waals surface area contributed by atoms with Crippen LogP contribution in [-0.4, -0.2) is 46.6 Å². The number of aliphatic hydroxyl groups excluding tert-OH is 1. The van der Waals surface area contributed by atoms with E-state index in [-0.39, 0.29) is 17.9 Å². The molecule has 2 heterocycles. The number of aromatic nitrogens is 1. The molecule has 0 bridgehead atoms. The second-order valence-corrected chi connectivity index (χ2v) is 7.11. The first-order chi connectivity index (χ1) is 10.6. The maximum Gasteiger partial charge on any atom is 0.223 e. The quantitative estimate of drug-likeness (QED) is 0.804. The van der Waals surface area contributed by atoms with E-state index >= 15 is 0 Å². The van der Waals surface area contributed by atoms with Crippen molar-refractivity contribution in [1.29, 1.82) is 0 Å². The molecule has 0 saturated carbocycles. The summed E-state index contributed by atoms with van der Waals surface area (Å²) in [5, 5.41) is 15.7. The number of likely N-dealkylation sites (tertiary alicyclic amines) is 1. The molecular formula is C16H27N3O2S. The number of nitrogens with one attached hydrogen (secondary N) is 1. The average Bonchev–Trinajstić information content (AvgIpc) is 2.92. The molecule has 1 aromatic rings. The van der Waals surface area contributed by atoms with Gasteiger partial charge in [0.05, 0.1) is 16.8 Å². The summed E-state index contributed by atoms with van der Waals surface area (Å²) in [6.45, 7) is 7.35. The minimum Gasteiger partial charge on any atom is -0.393 e. The summed E-state index contributed by atoms with van der Waals surface area (Å²) >= 11 is 1.69. The molecule has 5 nitrogen and oxygen atoms in total. The highest BCUT2D eigenvalue weighted by molar-refractivity contribution is 7.09. The molecule has 1 aliphatic heterocycles. The van der Waals surface area contributed by atoms with Crippen molar-refractivity contribution in [3.8, 4) is 0 Å². The molecule has 22 heavy (non-hydrogen) atoms. The number of amides is 1. The number of aryl methyl sites for hydroxylation is 1. The molecular weight excluding hydrogens is 298 g/mol. The van der Waals surface area contributed by atoms with E-state index in [1.54, 1.807) is 11.3 Å². The Kier molecular flexibility index (Phi) is 6.79. The summed E-state index contributed by atoms with van der Waals surface area (Å²) in [6, 6.07) is 0. The molecule has 0 aromatic carbocycles. The number of hydrogen-bond acceptors (Lipinski definition) is 5. The molecule has 1 unspecified atom stereocenters. The van der Waals surface area contributed by atoms with Crippen molar-refractivity contribution in [3.63, 3.8) is 0 Å². The van der Waals surface area contributed by atoms with Crippen LogP contribution in [0.15, 0.2) is 5.38 Å². The first kappa shape index (κ1) is 17.4. The summed E-state index contributed by atoms with van der Waals surface area (Å²) in [7, 11) is 0. The average molecular weight is 325 g/mol. The molecule has 2 rings (SSSR count). The minimum atomic E-state index is -0.302. The fourth-order valence-electron chi connectivity index (χ4n) is 2.77. The van der Waals surface area contributed by atoms with Crippen LogP contribution in [0.5, 0.6) is 0 Å². The van der Waals surface area contributed by atoms with Gasteiger partial charge in [-0.1, -0.05) is 6.92 Å². The molecule has 1 aliphatic rings. The largest absolute Gasteiger partial charge is 0.393 e. The molecule has 0 spiro atoms. The zero-order chi connectivity index (χ0) is 15.9. The third-order valence-corrected chi connectivity index (χ3v) is 5.08. The molecule has 1 atom stereocenters. The lowest BCUT2D eigenvalue weighted by Gasteiger charge is -2.30. The van der Waals surface area contributed by atoms with Crippen LogP contribution >= 0.6 is 11.3 Å². The first-order valence-electron chi connectivity index (χ1n) is 8.17. The Morgan fingerprint density at radius 2 is 2.27 bits per heavy atom. The molecule has 6 heteroatoms. The van der Waals surface area contributed by atoms with E-state index in [1.807, 2.05) is 13.8 Å². The van der Waals surface area contributed by atoms with Crippen LogP contribution in [-0.2, 0) is 11.3 Å². The highest BCUT2D eigenvalue weighted by Crippen LogP contribution is 2.20. The van der Waals surface area contributed by atoms with Gasteiger partial charge in [-0.05, 0) is 45.7 Å². The maximum atomic E-state index is 12.1. The van der Waals surface area contributed by atoms with Gasteiger partial charge in [0, 0.05) is 24.4 Å². The van der Waals surface area contributed by atoms with Gasteiger partial charge in [0.1, 0.15) is 0 Å². The molecule has 1 amide bonds. The van der Waals surface area contributed by atoms with Gasteiger partial charge < -0.3 is 10.4 Å². The number of piperidine rings is 1. The zero-order valence-electron chi connectivity index (χ0n) is 13.5. The normalized spacial score (nSPS) is 18.3. The number of hydrogen-bond donors (Lipinski definition) is 2. The van der Waals surface area contributed by atoms with Crippen LogP contribution in [0.3, 0.4) is 0 Å². The van der Waals surface area contributed by atoms with E-state index in [4.69, 9.17) is 0 Å². The van der Waals surface area contributed by atoms with Crippen LogP contribution in [0.1, 0.15) is 43.3 Å². The van der Waals surface area contributed by atoms with Gasteiger partial charge in [-0.15, -0.1) is 11.3 Å². The van der Waals surface area contributed by atoms with Gasteiger partial charge in [0.15, 0.2) is 0 Å². The van der Waals surface area contributed by atoms with Crippen molar-refractivity contribution in [3.05, 3.63) is 16.1 Å². The fraction of sp³-hybridized carbons (Fsp3) is 0.750. The van der Waals surface area contributed by atoms with Crippen LogP contribution in [0.25, 0.3) is 0 Å². The Bertz CT molecular complexity index is 470. The maximum absolute atomic E-state index is 12.1. The second kappa shape index (κ2) is 8.60. The summed E-state index contributed by atoms with van der Waals surface area (Å²) in [5.41, 5.74) is 1.14. The molecule has 0 radical (unpaired) electrons. The SMILES string of the molecule is CCC(O)CCNC(=O)C1CCN(Cc2csc(C)n2)CC1. The lowest BCUT2D eigenvalue weighted by molar-refractivity contribution is -0.126. The second-order valence-electron chi connectivity index (χ2n) is 6.05. The summed E-state index contributed by atoms with van der Waals surface area (Å²) < 4.78 is 0. The Morgan fingerprint density at radius 3 is 2.86 bits per heavy atom. The fourth-order valence-corrected chi connectivity index (χ4v) is 3.38. The number of nitrogens with zero attached hydrogens (tertiary/aromatic N) is 2. The van der Waals surface area contributed by atoms with E-state index in [9.17, 15) is 9.90 Å². The number of aliphatic hydroxyl groups is 1. The summed E-state index contributed by atoms with van der Waals surface area (Å²) in [5.74, 6) is 0.264. The smallest absolute Gasteiger partial charge is 0.223 e. The molecule has 0 aliphatic carbocycles. The van der Waals surface area contributed by atoms with Crippen molar-refractivity contribution in [1.82, 2.24) is 15.2 Å². The topological polar surface area (TPSA) is 65.5 Å². The van der Waals surface area contributed by atoms with Crippen molar-refractivity contribution >= 4 is 17.2 Å². The van der Waals surface area contributed by atoms with Gasteiger partial charge in [0.2, 0.25) is 5.91 Å². The van der Waals surface area contributed by atoms with Crippen molar-refractivity contribution in [2.24, 2.45) is 5.92 Å². The van der Waals surface area contributed by atoms with Gasteiger partial charge in [-0.25, -0.2) is 4.98 Å². The van der Waals surface area contributed by atoms with Crippen molar-refractivity contribution in [2.75, 3.05) is 19.6 Å². The first-order valence-corrected chi connectivity index (χ1v) is 9.05. The van der Waals surface area contributed by atoms with Crippen LogP contribution < -0.4 is 5.32 Å². The Hall–Kier alpha value is -0.980. The van der Waals surface area contributed by atoms with Crippen LogP contribution in [0, 0.1) is 12.8 Å². The van der Waals surface area contributed by atoms with Gasteiger partial charge in [-0.2, -0.15) is 0 Å².